The number of amides is 1. The second kappa shape index (κ2) is 8.46. The highest BCUT2D eigenvalue weighted by Gasteiger charge is 2.33. The van der Waals surface area contributed by atoms with Crippen LogP contribution in [0.1, 0.15) is 32.6 Å². The molecule has 1 amide bonds. The summed E-state index contributed by atoms with van der Waals surface area (Å²) in [5.41, 5.74) is 0. The van der Waals surface area contributed by atoms with Crippen LogP contribution in [0, 0.1) is 0 Å². The van der Waals surface area contributed by atoms with Gasteiger partial charge in [0.05, 0.1) is 0 Å². The molecule has 118 valence electrons. The maximum atomic E-state index is 12.5. The predicted molar refractivity (Wildman–Crippen MR) is 69.4 cm³/mol. The molecule has 1 aliphatic rings. The maximum absolute atomic E-state index is 12.5. The Labute approximate surface area is 117 Å². The average molecular weight is 296 g/mol. The van der Waals surface area contributed by atoms with Crippen LogP contribution in [0.25, 0.3) is 0 Å². The molecule has 1 fully saturated rings. The topological polar surface area (TPSA) is 41.6 Å². The third-order valence-electron chi connectivity index (χ3n) is 3.23. The van der Waals surface area contributed by atoms with Gasteiger partial charge in [0.1, 0.15) is 6.54 Å². The number of halogens is 3. The van der Waals surface area contributed by atoms with E-state index < -0.39 is 18.6 Å². The molecule has 1 rings (SSSR count). The van der Waals surface area contributed by atoms with Gasteiger partial charge in [-0.15, -0.1) is 0 Å². The summed E-state index contributed by atoms with van der Waals surface area (Å²) in [7, 11) is 0. The molecule has 0 saturated carbocycles. The van der Waals surface area contributed by atoms with Gasteiger partial charge < -0.3 is 15.0 Å². The Bertz CT molecular complexity index is 292. The standard InChI is InChI=1S/C13H23F3N2O2/c1-2-20-8-4-7-18(10-13(14,15)16)12(19)9-11-5-3-6-17-11/h11,17H,2-10H2,1H3. The molecule has 0 aromatic carbocycles. The molecule has 1 unspecified atom stereocenters. The van der Waals surface area contributed by atoms with Crippen LogP contribution in [-0.4, -0.2) is 55.9 Å². The lowest BCUT2D eigenvalue weighted by atomic mass is 10.1. The summed E-state index contributed by atoms with van der Waals surface area (Å²) in [6.07, 6.45) is -1.96. The normalized spacial score (nSPS) is 19.3. The molecule has 1 aliphatic heterocycles. The molecule has 1 heterocycles. The van der Waals surface area contributed by atoms with E-state index in [-0.39, 0.29) is 19.0 Å². The van der Waals surface area contributed by atoms with E-state index in [1.54, 1.807) is 0 Å². The van der Waals surface area contributed by atoms with Crippen molar-refractivity contribution in [3.05, 3.63) is 0 Å². The largest absolute Gasteiger partial charge is 0.406 e. The van der Waals surface area contributed by atoms with Crippen LogP contribution in [-0.2, 0) is 9.53 Å². The first-order valence-electron chi connectivity index (χ1n) is 7.08. The summed E-state index contributed by atoms with van der Waals surface area (Å²) >= 11 is 0. The summed E-state index contributed by atoms with van der Waals surface area (Å²) in [6.45, 7) is 2.47. The first-order chi connectivity index (χ1) is 9.42. The zero-order valence-corrected chi connectivity index (χ0v) is 11.8. The number of nitrogens with zero attached hydrogens (tertiary/aromatic N) is 1. The van der Waals surface area contributed by atoms with Crippen molar-refractivity contribution in [3.63, 3.8) is 0 Å². The highest BCUT2D eigenvalue weighted by molar-refractivity contribution is 5.77. The van der Waals surface area contributed by atoms with Crippen molar-refractivity contribution >= 4 is 5.91 Å². The molecule has 0 aromatic heterocycles. The van der Waals surface area contributed by atoms with E-state index in [1.165, 1.54) is 0 Å². The Balaban J connectivity index is 2.44. The molecular weight excluding hydrogens is 273 g/mol. The van der Waals surface area contributed by atoms with E-state index in [0.29, 0.717) is 19.6 Å². The SMILES string of the molecule is CCOCCCN(CC(F)(F)F)C(=O)CC1CCCN1. The number of hydrogen-bond acceptors (Lipinski definition) is 3. The number of ether oxygens (including phenoxy) is 1. The van der Waals surface area contributed by atoms with E-state index >= 15 is 0 Å². The molecule has 0 radical (unpaired) electrons. The van der Waals surface area contributed by atoms with Crippen LogP contribution < -0.4 is 5.32 Å². The quantitative estimate of drug-likeness (QED) is 0.696. The van der Waals surface area contributed by atoms with Gasteiger partial charge in [-0.1, -0.05) is 0 Å². The summed E-state index contributed by atoms with van der Waals surface area (Å²) in [6, 6.07) is 0.0186. The first kappa shape index (κ1) is 17.2. The zero-order valence-electron chi connectivity index (χ0n) is 11.8. The van der Waals surface area contributed by atoms with Crippen molar-refractivity contribution in [2.45, 2.75) is 44.8 Å². The van der Waals surface area contributed by atoms with Crippen molar-refractivity contribution in [2.75, 3.05) is 32.8 Å². The Morgan fingerprint density at radius 2 is 2.20 bits per heavy atom. The van der Waals surface area contributed by atoms with Crippen LogP contribution in [0.2, 0.25) is 0 Å². The molecular formula is C13H23F3N2O2. The van der Waals surface area contributed by atoms with Gasteiger partial charge in [-0.05, 0) is 32.7 Å². The average Bonchev–Trinajstić information content (AvgIpc) is 2.84. The lowest BCUT2D eigenvalue weighted by Gasteiger charge is -2.25. The van der Waals surface area contributed by atoms with E-state index in [4.69, 9.17) is 4.74 Å². The minimum Gasteiger partial charge on any atom is -0.382 e. The number of carbonyl (C=O) groups excluding carboxylic acids is 1. The van der Waals surface area contributed by atoms with Crippen molar-refractivity contribution in [2.24, 2.45) is 0 Å². The number of carbonyl (C=O) groups is 1. The predicted octanol–water partition coefficient (Wildman–Crippen LogP) is 1.95. The number of alkyl halides is 3. The summed E-state index contributed by atoms with van der Waals surface area (Å²) in [4.78, 5) is 12.9. The highest BCUT2D eigenvalue weighted by Crippen LogP contribution is 2.18. The molecule has 0 aliphatic carbocycles. The minimum atomic E-state index is -4.36. The third kappa shape index (κ3) is 7.09. The van der Waals surface area contributed by atoms with Crippen LogP contribution in [0.4, 0.5) is 13.2 Å². The highest BCUT2D eigenvalue weighted by atomic mass is 19.4. The van der Waals surface area contributed by atoms with E-state index in [9.17, 15) is 18.0 Å². The van der Waals surface area contributed by atoms with Gasteiger partial charge in [0.2, 0.25) is 5.91 Å². The number of hydrogen-bond donors (Lipinski definition) is 1. The van der Waals surface area contributed by atoms with Crippen LogP contribution in [0.5, 0.6) is 0 Å². The Kier molecular flexibility index (Phi) is 7.29. The minimum absolute atomic E-state index is 0.0186. The third-order valence-corrected chi connectivity index (χ3v) is 3.23. The van der Waals surface area contributed by atoms with Gasteiger partial charge in [0.25, 0.3) is 0 Å². The van der Waals surface area contributed by atoms with Crippen LogP contribution >= 0.6 is 0 Å². The van der Waals surface area contributed by atoms with Gasteiger partial charge in [-0.2, -0.15) is 13.2 Å². The summed E-state index contributed by atoms with van der Waals surface area (Å²) < 4.78 is 42.6. The van der Waals surface area contributed by atoms with Gasteiger partial charge in [-0.25, -0.2) is 0 Å². The lowest BCUT2D eigenvalue weighted by molar-refractivity contribution is -0.161. The molecule has 4 nitrogen and oxygen atoms in total. The molecule has 1 saturated heterocycles. The van der Waals surface area contributed by atoms with E-state index in [2.05, 4.69) is 5.32 Å². The molecule has 7 heteroatoms. The summed E-state index contributed by atoms with van der Waals surface area (Å²) in [5, 5.41) is 3.13. The first-order valence-corrected chi connectivity index (χ1v) is 7.08. The van der Waals surface area contributed by atoms with Crippen molar-refractivity contribution in [3.8, 4) is 0 Å². The fourth-order valence-electron chi connectivity index (χ4n) is 2.28. The van der Waals surface area contributed by atoms with Crippen LogP contribution in [0.3, 0.4) is 0 Å². The van der Waals surface area contributed by atoms with Crippen molar-refractivity contribution in [1.82, 2.24) is 10.2 Å². The molecule has 20 heavy (non-hydrogen) atoms. The fraction of sp³-hybridized carbons (Fsp3) is 0.923. The smallest absolute Gasteiger partial charge is 0.382 e. The molecule has 1 N–H and O–H groups in total. The fourth-order valence-corrected chi connectivity index (χ4v) is 2.28. The molecule has 1 atom stereocenters. The maximum Gasteiger partial charge on any atom is 0.406 e. The van der Waals surface area contributed by atoms with Gasteiger partial charge in [0, 0.05) is 32.2 Å². The van der Waals surface area contributed by atoms with E-state index in [1.807, 2.05) is 6.92 Å². The Morgan fingerprint density at radius 3 is 2.75 bits per heavy atom. The second-order valence-electron chi connectivity index (χ2n) is 4.98. The van der Waals surface area contributed by atoms with Crippen molar-refractivity contribution < 1.29 is 22.7 Å². The van der Waals surface area contributed by atoms with Gasteiger partial charge in [0.15, 0.2) is 0 Å². The monoisotopic (exact) mass is 296 g/mol. The molecule has 0 spiro atoms. The lowest BCUT2D eigenvalue weighted by Crippen LogP contribution is -2.42. The Hall–Kier alpha value is -0.820. The second-order valence-corrected chi connectivity index (χ2v) is 4.98. The summed E-state index contributed by atoms with van der Waals surface area (Å²) in [5.74, 6) is -0.432. The zero-order chi connectivity index (χ0) is 15.0. The molecule has 0 bridgehead atoms. The van der Waals surface area contributed by atoms with Gasteiger partial charge in [-0.3, -0.25) is 4.79 Å². The van der Waals surface area contributed by atoms with Crippen LogP contribution in [0.15, 0.2) is 0 Å². The van der Waals surface area contributed by atoms with E-state index in [0.717, 1.165) is 24.3 Å². The molecule has 0 aromatic rings. The Morgan fingerprint density at radius 1 is 1.45 bits per heavy atom. The van der Waals surface area contributed by atoms with Gasteiger partial charge >= 0.3 is 6.18 Å². The van der Waals surface area contributed by atoms with Crippen molar-refractivity contribution in [1.29, 1.82) is 0 Å². The number of rotatable bonds is 8. The number of nitrogens with one attached hydrogen (secondary N) is 1.